The van der Waals surface area contributed by atoms with Gasteiger partial charge in [0, 0.05) is 39.4 Å². The van der Waals surface area contributed by atoms with E-state index in [9.17, 15) is 0 Å². The number of aromatic nitrogens is 3. The van der Waals surface area contributed by atoms with Gasteiger partial charge in [-0.1, -0.05) is 46.9 Å². The van der Waals surface area contributed by atoms with Crippen LogP contribution in [0.4, 0.5) is 23.5 Å². The Labute approximate surface area is 254 Å². The largest absolute Gasteiger partial charge is 0.493 e. The zero-order chi connectivity index (χ0) is 29.4. The molecule has 0 saturated heterocycles. The van der Waals surface area contributed by atoms with E-state index in [1.165, 1.54) is 0 Å². The SMILES string of the molecule is CCN(CC)c1nc(NN=Cc2ccc(OCc3ccc(Cl)cc3Cl)c(OC)c2)nc(Nc2ccc(C)c(Cl)c2)n1. The van der Waals surface area contributed by atoms with Crippen LogP contribution in [0.3, 0.4) is 0 Å². The molecule has 0 unspecified atom stereocenters. The molecule has 9 nitrogen and oxygen atoms in total. The van der Waals surface area contributed by atoms with Gasteiger partial charge in [0.05, 0.1) is 13.3 Å². The Kier molecular flexibility index (Phi) is 10.5. The number of aryl methyl sites for hydroxylation is 1. The number of hydrogen-bond acceptors (Lipinski definition) is 9. The minimum Gasteiger partial charge on any atom is -0.493 e. The maximum Gasteiger partial charge on any atom is 0.250 e. The van der Waals surface area contributed by atoms with Gasteiger partial charge in [-0.05, 0) is 74.4 Å². The average Bonchev–Trinajstić information content (AvgIpc) is 2.95. The molecule has 0 amide bonds. The van der Waals surface area contributed by atoms with E-state index < -0.39 is 0 Å². The summed E-state index contributed by atoms with van der Waals surface area (Å²) < 4.78 is 11.5. The summed E-state index contributed by atoms with van der Waals surface area (Å²) in [7, 11) is 1.58. The van der Waals surface area contributed by atoms with Crippen LogP contribution < -0.4 is 25.1 Å². The predicted molar refractivity (Wildman–Crippen MR) is 168 cm³/mol. The second kappa shape index (κ2) is 14.2. The molecule has 0 spiro atoms. The Morgan fingerprint density at radius 1 is 0.878 bits per heavy atom. The monoisotopic (exact) mass is 613 g/mol. The highest BCUT2D eigenvalue weighted by molar-refractivity contribution is 6.35. The molecule has 0 fully saturated rings. The maximum atomic E-state index is 6.29. The molecule has 0 aliphatic heterocycles. The van der Waals surface area contributed by atoms with Gasteiger partial charge in [0.15, 0.2) is 11.5 Å². The first-order valence-corrected chi connectivity index (χ1v) is 14.0. The van der Waals surface area contributed by atoms with Crippen molar-refractivity contribution >= 4 is 64.5 Å². The van der Waals surface area contributed by atoms with Crippen LogP contribution in [0.5, 0.6) is 11.5 Å². The third-order valence-corrected chi connectivity index (χ3v) is 7.06. The minimum atomic E-state index is 0.265. The topological polar surface area (TPSA) is 96.8 Å². The highest BCUT2D eigenvalue weighted by Gasteiger charge is 2.12. The fourth-order valence-electron chi connectivity index (χ4n) is 3.76. The lowest BCUT2D eigenvalue weighted by molar-refractivity contribution is 0.284. The van der Waals surface area contributed by atoms with Crippen LogP contribution in [0.1, 0.15) is 30.5 Å². The fourth-order valence-corrected chi connectivity index (χ4v) is 4.40. The maximum absolute atomic E-state index is 6.29. The van der Waals surface area contributed by atoms with Gasteiger partial charge in [0.1, 0.15) is 6.61 Å². The van der Waals surface area contributed by atoms with E-state index in [-0.39, 0.29) is 12.6 Å². The van der Waals surface area contributed by atoms with Crippen LogP contribution in [-0.4, -0.2) is 41.4 Å². The van der Waals surface area contributed by atoms with E-state index in [1.807, 2.05) is 62.1 Å². The molecule has 0 aliphatic rings. The number of methoxy groups -OCH3 is 1. The number of ether oxygens (including phenoxy) is 2. The van der Waals surface area contributed by atoms with Gasteiger partial charge in [0.25, 0.3) is 0 Å². The molecule has 0 atom stereocenters. The Bertz CT molecular complexity index is 1530. The van der Waals surface area contributed by atoms with Crippen molar-refractivity contribution in [1.82, 2.24) is 15.0 Å². The molecule has 4 rings (SSSR count). The third kappa shape index (κ3) is 8.13. The number of nitrogens with one attached hydrogen (secondary N) is 2. The van der Waals surface area contributed by atoms with E-state index in [0.29, 0.717) is 38.5 Å². The molecule has 12 heteroatoms. The lowest BCUT2D eigenvalue weighted by Gasteiger charge is -2.19. The van der Waals surface area contributed by atoms with Crippen LogP contribution in [-0.2, 0) is 6.61 Å². The Balaban J connectivity index is 1.49. The van der Waals surface area contributed by atoms with Crippen molar-refractivity contribution < 1.29 is 9.47 Å². The number of rotatable bonds is 12. The molecule has 0 saturated carbocycles. The van der Waals surface area contributed by atoms with Crippen LogP contribution in [0.25, 0.3) is 0 Å². The second-order valence-electron chi connectivity index (χ2n) is 8.85. The van der Waals surface area contributed by atoms with E-state index >= 15 is 0 Å². The van der Waals surface area contributed by atoms with Crippen molar-refractivity contribution in [3.8, 4) is 11.5 Å². The molecule has 0 bridgehead atoms. The highest BCUT2D eigenvalue weighted by Crippen LogP contribution is 2.30. The van der Waals surface area contributed by atoms with E-state index in [1.54, 1.807) is 31.5 Å². The second-order valence-corrected chi connectivity index (χ2v) is 10.1. The van der Waals surface area contributed by atoms with Crippen molar-refractivity contribution in [3.05, 3.63) is 86.4 Å². The number of benzene rings is 3. The van der Waals surface area contributed by atoms with Crippen LogP contribution >= 0.6 is 34.8 Å². The molecule has 4 aromatic rings. The van der Waals surface area contributed by atoms with E-state index in [4.69, 9.17) is 44.3 Å². The predicted octanol–water partition coefficient (Wildman–Crippen LogP) is 7.76. The van der Waals surface area contributed by atoms with Gasteiger partial charge >= 0.3 is 0 Å². The summed E-state index contributed by atoms with van der Waals surface area (Å²) in [6, 6.07) is 16.4. The third-order valence-electron chi connectivity index (χ3n) is 6.06. The molecule has 1 aromatic heterocycles. The van der Waals surface area contributed by atoms with Gasteiger partial charge < -0.3 is 19.7 Å². The average molecular weight is 615 g/mol. The van der Waals surface area contributed by atoms with Crippen molar-refractivity contribution in [2.24, 2.45) is 5.10 Å². The van der Waals surface area contributed by atoms with Gasteiger partial charge in [-0.25, -0.2) is 5.43 Å². The summed E-state index contributed by atoms with van der Waals surface area (Å²) in [4.78, 5) is 15.6. The fraction of sp³-hybridized carbons (Fsp3) is 0.241. The highest BCUT2D eigenvalue weighted by atomic mass is 35.5. The molecule has 0 aliphatic carbocycles. The zero-order valence-electron chi connectivity index (χ0n) is 23.1. The molecule has 0 radical (unpaired) electrons. The summed E-state index contributed by atoms with van der Waals surface area (Å²) in [6.07, 6.45) is 1.64. The van der Waals surface area contributed by atoms with E-state index in [2.05, 4.69) is 30.8 Å². The first-order valence-electron chi connectivity index (χ1n) is 12.9. The van der Waals surface area contributed by atoms with Gasteiger partial charge in [-0.2, -0.15) is 20.1 Å². The van der Waals surface area contributed by atoms with Gasteiger partial charge in [-0.3, -0.25) is 0 Å². The first kappa shape index (κ1) is 30.2. The summed E-state index contributed by atoms with van der Waals surface area (Å²) >= 11 is 18.5. The number of hydrogen-bond donors (Lipinski definition) is 2. The summed E-state index contributed by atoms with van der Waals surface area (Å²) in [5.74, 6) is 2.28. The summed E-state index contributed by atoms with van der Waals surface area (Å²) in [6.45, 7) is 7.75. The number of halogens is 3. The summed E-state index contributed by atoms with van der Waals surface area (Å²) in [5, 5.41) is 9.29. The first-order chi connectivity index (χ1) is 19.8. The van der Waals surface area contributed by atoms with Gasteiger partial charge in [-0.15, -0.1) is 0 Å². The molecule has 2 N–H and O–H groups in total. The Morgan fingerprint density at radius 3 is 2.37 bits per heavy atom. The molecule has 41 heavy (non-hydrogen) atoms. The molecular weight excluding hydrogens is 585 g/mol. The van der Waals surface area contributed by atoms with E-state index in [0.717, 1.165) is 35.5 Å². The Morgan fingerprint density at radius 2 is 1.66 bits per heavy atom. The normalized spacial score (nSPS) is 11.0. The lowest BCUT2D eigenvalue weighted by atomic mass is 10.2. The van der Waals surface area contributed by atoms with Gasteiger partial charge in [0.2, 0.25) is 17.8 Å². The standard InChI is InChI=1S/C29H30Cl3N7O2/c1-5-39(6-2)29-36-27(34-22-11-7-18(3)23(31)15-22)35-28(37-29)38-33-16-19-8-12-25(26(13-19)40-4)41-17-20-9-10-21(30)14-24(20)32/h7-16H,5-6,17H2,1-4H3,(H2,34,35,36,37,38). The summed E-state index contributed by atoms with van der Waals surface area (Å²) in [5.41, 5.74) is 6.24. The molecule has 1 heterocycles. The number of anilines is 4. The lowest BCUT2D eigenvalue weighted by Crippen LogP contribution is -2.25. The van der Waals surface area contributed by atoms with Crippen molar-refractivity contribution in [2.45, 2.75) is 27.4 Å². The van der Waals surface area contributed by atoms with Crippen molar-refractivity contribution in [2.75, 3.05) is 35.8 Å². The van der Waals surface area contributed by atoms with Crippen LogP contribution in [0.15, 0.2) is 59.7 Å². The van der Waals surface area contributed by atoms with Crippen LogP contribution in [0.2, 0.25) is 15.1 Å². The van der Waals surface area contributed by atoms with Crippen molar-refractivity contribution in [3.63, 3.8) is 0 Å². The number of nitrogens with zero attached hydrogens (tertiary/aromatic N) is 5. The zero-order valence-corrected chi connectivity index (χ0v) is 25.3. The number of hydrazone groups is 1. The molecule has 3 aromatic carbocycles. The van der Waals surface area contributed by atoms with Crippen LogP contribution in [0, 0.1) is 6.92 Å². The minimum absolute atomic E-state index is 0.265. The molecular formula is C29H30Cl3N7O2. The van der Waals surface area contributed by atoms with Crippen molar-refractivity contribution in [1.29, 1.82) is 0 Å². The quantitative estimate of drug-likeness (QED) is 0.123. The smallest absolute Gasteiger partial charge is 0.250 e. The Hall–Kier alpha value is -3.79. The molecule has 214 valence electrons.